The van der Waals surface area contributed by atoms with E-state index < -0.39 is 0 Å². The molecule has 0 bridgehead atoms. The maximum Gasteiger partial charge on any atom is 0.237 e. The van der Waals surface area contributed by atoms with Crippen LogP contribution in [0.3, 0.4) is 0 Å². The molecule has 0 radical (unpaired) electrons. The maximum atomic E-state index is 11.7. The molecule has 1 saturated heterocycles. The predicted octanol–water partition coefficient (Wildman–Crippen LogP) is 0.729. The highest BCUT2D eigenvalue weighted by Crippen LogP contribution is 2.10. The van der Waals surface area contributed by atoms with Gasteiger partial charge in [-0.3, -0.25) is 4.79 Å². The second kappa shape index (κ2) is 8.51. The molecule has 1 aliphatic heterocycles. The summed E-state index contributed by atoms with van der Waals surface area (Å²) >= 11 is 0. The number of nitrogens with two attached hydrogens (primary N) is 1. The molecule has 3 N–H and O–H groups in total. The van der Waals surface area contributed by atoms with Crippen molar-refractivity contribution in [3.05, 3.63) is 0 Å². The number of hydrogen-bond acceptors (Lipinski definition) is 4. The second-order valence-corrected chi connectivity index (χ2v) is 5.56. The molecule has 0 aromatic heterocycles. The van der Waals surface area contributed by atoms with Gasteiger partial charge in [0, 0.05) is 25.7 Å². The average molecular weight is 271 g/mol. The zero-order valence-electron chi connectivity index (χ0n) is 12.5. The number of rotatable bonds is 7. The summed E-state index contributed by atoms with van der Waals surface area (Å²) in [6.07, 6.45) is 3.00. The van der Waals surface area contributed by atoms with Crippen LogP contribution in [0.1, 0.15) is 40.0 Å². The molecule has 0 aromatic carbocycles. The first kappa shape index (κ1) is 16.4. The van der Waals surface area contributed by atoms with Gasteiger partial charge in [0.1, 0.15) is 0 Å². The minimum absolute atomic E-state index is 0.0101. The second-order valence-electron chi connectivity index (χ2n) is 5.56. The van der Waals surface area contributed by atoms with E-state index in [4.69, 9.17) is 10.5 Å². The summed E-state index contributed by atoms with van der Waals surface area (Å²) in [7, 11) is 0. The van der Waals surface area contributed by atoms with Crippen LogP contribution in [0.2, 0.25) is 0 Å². The van der Waals surface area contributed by atoms with Gasteiger partial charge < -0.3 is 20.7 Å². The Morgan fingerprint density at radius 1 is 1.42 bits per heavy atom. The van der Waals surface area contributed by atoms with Crippen LogP contribution >= 0.6 is 0 Å². The Labute approximate surface area is 116 Å². The van der Waals surface area contributed by atoms with Gasteiger partial charge in [-0.2, -0.15) is 0 Å². The van der Waals surface area contributed by atoms with Crippen molar-refractivity contribution in [2.45, 2.75) is 58.2 Å². The Kier molecular flexibility index (Phi) is 7.34. The summed E-state index contributed by atoms with van der Waals surface area (Å²) in [5, 5.41) is 3.04. The molecule has 1 amide bonds. The smallest absolute Gasteiger partial charge is 0.237 e. The van der Waals surface area contributed by atoms with E-state index in [1.54, 1.807) is 0 Å². The van der Waals surface area contributed by atoms with E-state index in [2.05, 4.69) is 24.1 Å². The summed E-state index contributed by atoms with van der Waals surface area (Å²) in [5.41, 5.74) is 5.72. The Morgan fingerprint density at radius 3 is 2.58 bits per heavy atom. The molecule has 1 rings (SSSR count). The van der Waals surface area contributed by atoms with Crippen LogP contribution in [0.15, 0.2) is 0 Å². The lowest BCUT2D eigenvalue weighted by molar-refractivity contribution is -0.123. The molecule has 5 heteroatoms. The summed E-state index contributed by atoms with van der Waals surface area (Å²) < 4.78 is 5.55. The number of nitrogens with zero attached hydrogens (tertiary/aromatic N) is 1. The van der Waals surface area contributed by atoms with E-state index in [0.29, 0.717) is 12.5 Å². The average Bonchev–Trinajstić information content (AvgIpc) is 2.39. The summed E-state index contributed by atoms with van der Waals surface area (Å²) in [6, 6.07) is -0.0789. The van der Waals surface area contributed by atoms with Crippen LogP contribution < -0.4 is 11.1 Å². The van der Waals surface area contributed by atoms with Gasteiger partial charge in [-0.15, -0.1) is 0 Å². The topological polar surface area (TPSA) is 67.6 Å². The summed E-state index contributed by atoms with van der Waals surface area (Å²) in [5.74, 6) is -0.0101. The molecular formula is C14H29N3O2. The monoisotopic (exact) mass is 271 g/mol. The molecule has 0 spiro atoms. The molecule has 1 atom stereocenters. The predicted molar refractivity (Wildman–Crippen MR) is 77.0 cm³/mol. The molecule has 1 heterocycles. The van der Waals surface area contributed by atoms with Crippen molar-refractivity contribution in [3.63, 3.8) is 0 Å². The largest absolute Gasteiger partial charge is 0.377 e. The minimum Gasteiger partial charge on any atom is -0.377 e. The Balaban J connectivity index is 2.16. The number of amides is 1. The van der Waals surface area contributed by atoms with Crippen molar-refractivity contribution < 1.29 is 9.53 Å². The number of nitrogens with one attached hydrogen (secondary N) is 1. The maximum absolute atomic E-state index is 11.7. The molecule has 1 aliphatic rings. The number of piperidine rings is 1. The lowest BCUT2D eigenvalue weighted by atomic mass is 10.0. The Bertz CT molecular complexity index is 263. The van der Waals surface area contributed by atoms with E-state index in [1.165, 1.54) is 0 Å². The van der Waals surface area contributed by atoms with Gasteiger partial charge in [0.25, 0.3) is 0 Å². The van der Waals surface area contributed by atoms with Gasteiger partial charge in [0.05, 0.1) is 18.8 Å². The molecule has 0 unspecified atom stereocenters. The highest BCUT2D eigenvalue weighted by Gasteiger charge is 2.22. The van der Waals surface area contributed by atoms with Gasteiger partial charge in [-0.25, -0.2) is 0 Å². The highest BCUT2D eigenvalue weighted by molar-refractivity contribution is 5.81. The number of hydrogen-bond donors (Lipinski definition) is 2. The van der Waals surface area contributed by atoms with Crippen molar-refractivity contribution in [1.29, 1.82) is 0 Å². The SMILES string of the molecule is CC[C@H](N)C(=O)NC1CCN(CCOC(C)C)CC1. The molecule has 112 valence electrons. The molecule has 0 aliphatic carbocycles. The third-order valence-electron chi connectivity index (χ3n) is 3.57. The van der Waals surface area contributed by atoms with E-state index in [-0.39, 0.29) is 18.0 Å². The highest BCUT2D eigenvalue weighted by atomic mass is 16.5. The Hall–Kier alpha value is -0.650. The zero-order valence-corrected chi connectivity index (χ0v) is 12.5. The fourth-order valence-electron chi connectivity index (χ4n) is 2.21. The summed E-state index contributed by atoms with van der Waals surface area (Å²) in [4.78, 5) is 14.1. The number of ether oxygens (including phenoxy) is 1. The van der Waals surface area contributed by atoms with E-state index in [9.17, 15) is 4.79 Å². The van der Waals surface area contributed by atoms with Crippen LogP contribution in [0.4, 0.5) is 0 Å². The van der Waals surface area contributed by atoms with Gasteiger partial charge in [-0.1, -0.05) is 6.92 Å². The first-order valence-corrected chi connectivity index (χ1v) is 7.42. The molecule has 5 nitrogen and oxygen atoms in total. The molecule has 19 heavy (non-hydrogen) atoms. The first-order chi connectivity index (χ1) is 9.02. The lowest BCUT2D eigenvalue weighted by Gasteiger charge is -2.32. The third-order valence-corrected chi connectivity index (χ3v) is 3.57. The quantitative estimate of drug-likeness (QED) is 0.716. The van der Waals surface area contributed by atoms with Crippen molar-refractivity contribution in [3.8, 4) is 0 Å². The van der Waals surface area contributed by atoms with Crippen LogP contribution in [0.25, 0.3) is 0 Å². The zero-order chi connectivity index (χ0) is 14.3. The molecule has 0 saturated carbocycles. The fraction of sp³-hybridized carbons (Fsp3) is 0.929. The van der Waals surface area contributed by atoms with Crippen molar-refractivity contribution in [1.82, 2.24) is 10.2 Å². The van der Waals surface area contributed by atoms with Gasteiger partial charge in [0.15, 0.2) is 0 Å². The van der Waals surface area contributed by atoms with Crippen LogP contribution in [-0.4, -0.2) is 55.2 Å². The Morgan fingerprint density at radius 2 is 2.05 bits per heavy atom. The van der Waals surface area contributed by atoms with Gasteiger partial charge >= 0.3 is 0 Å². The number of carbonyl (C=O) groups is 1. The first-order valence-electron chi connectivity index (χ1n) is 7.42. The molecular weight excluding hydrogens is 242 g/mol. The van der Waals surface area contributed by atoms with Gasteiger partial charge in [0.2, 0.25) is 5.91 Å². The lowest BCUT2D eigenvalue weighted by Crippen LogP contribution is -2.49. The minimum atomic E-state index is -0.363. The van der Waals surface area contributed by atoms with Crippen LogP contribution in [-0.2, 0) is 9.53 Å². The standard InChI is InChI=1S/C14H29N3O2/c1-4-13(15)14(18)16-12-5-7-17(8-6-12)9-10-19-11(2)3/h11-13H,4-10,15H2,1-3H3,(H,16,18)/t13-/m0/s1. The van der Waals surface area contributed by atoms with E-state index in [1.807, 2.05) is 6.92 Å². The number of carbonyl (C=O) groups excluding carboxylic acids is 1. The van der Waals surface area contributed by atoms with E-state index >= 15 is 0 Å². The van der Waals surface area contributed by atoms with Crippen molar-refractivity contribution >= 4 is 5.91 Å². The van der Waals surface area contributed by atoms with Crippen LogP contribution in [0.5, 0.6) is 0 Å². The summed E-state index contributed by atoms with van der Waals surface area (Å²) in [6.45, 7) is 9.85. The molecule has 1 fully saturated rings. The third kappa shape index (κ3) is 6.36. The molecule has 0 aromatic rings. The van der Waals surface area contributed by atoms with Crippen LogP contribution in [0, 0.1) is 0 Å². The van der Waals surface area contributed by atoms with E-state index in [0.717, 1.165) is 39.1 Å². The van der Waals surface area contributed by atoms with Gasteiger partial charge in [-0.05, 0) is 33.1 Å². The van der Waals surface area contributed by atoms with Crippen molar-refractivity contribution in [2.75, 3.05) is 26.2 Å². The fourth-order valence-corrected chi connectivity index (χ4v) is 2.21. The normalized spacial score (nSPS) is 19.6. The number of likely N-dealkylation sites (tertiary alicyclic amines) is 1. The van der Waals surface area contributed by atoms with Crippen molar-refractivity contribution in [2.24, 2.45) is 5.73 Å².